The first-order valence-electron chi connectivity index (χ1n) is 4.99. The molecular formula is C10H14ClN3. The number of aryl methyl sites for hydroxylation is 1. The summed E-state index contributed by atoms with van der Waals surface area (Å²) in [5, 5.41) is 3.61. The third kappa shape index (κ3) is 2.35. The Morgan fingerprint density at radius 2 is 2.29 bits per heavy atom. The van der Waals surface area contributed by atoms with Crippen LogP contribution < -0.4 is 5.32 Å². The number of nitrogens with one attached hydrogen (secondary N) is 1. The molecule has 4 heteroatoms. The molecule has 1 heterocycles. The van der Waals surface area contributed by atoms with Crippen LogP contribution in [0.4, 0.5) is 5.82 Å². The Labute approximate surface area is 88.9 Å². The molecule has 0 spiro atoms. The molecule has 76 valence electrons. The van der Waals surface area contributed by atoms with Gasteiger partial charge in [-0.2, -0.15) is 0 Å². The fraction of sp³-hybridized carbons (Fsp3) is 0.600. The molecule has 0 unspecified atom stereocenters. The van der Waals surface area contributed by atoms with E-state index in [1.807, 2.05) is 13.0 Å². The summed E-state index contributed by atoms with van der Waals surface area (Å²) in [6, 6.07) is 1.92. The standard InChI is InChI=1S/C10H14ClN3/c1-7-5-9(14-10(11)13-7)12-6-8-3-2-4-8/h5,8H,2-4,6H2,1H3,(H,12,13,14). The van der Waals surface area contributed by atoms with Crippen LogP contribution in [0.15, 0.2) is 6.07 Å². The van der Waals surface area contributed by atoms with E-state index in [4.69, 9.17) is 11.6 Å². The molecule has 1 aliphatic rings. The van der Waals surface area contributed by atoms with Crippen molar-refractivity contribution in [2.45, 2.75) is 26.2 Å². The first kappa shape index (κ1) is 9.71. The van der Waals surface area contributed by atoms with Gasteiger partial charge in [0, 0.05) is 18.3 Å². The average molecular weight is 212 g/mol. The quantitative estimate of drug-likeness (QED) is 0.782. The Bertz CT molecular complexity index is 303. The Morgan fingerprint density at radius 1 is 1.50 bits per heavy atom. The van der Waals surface area contributed by atoms with Crippen molar-refractivity contribution in [1.82, 2.24) is 9.97 Å². The molecule has 0 aliphatic heterocycles. The second kappa shape index (κ2) is 4.13. The zero-order valence-corrected chi connectivity index (χ0v) is 9.01. The van der Waals surface area contributed by atoms with Crippen LogP contribution in [-0.4, -0.2) is 16.5 Å². The molecule has 1 aromatic heterocycles. The fourth-order valence-electron chi connectivity index (χ4n) is 1.57. The van der Waals surface area contributed by atoms with E-state index in [0.29, 0.717) is 5.28 Å². The first-order chi connectivity index (χ1) is 6.74. The number of aromatic nitrogens is 2. The smallest absolute Gasteiger partial charge is 0.224 e. The SMILES string of the molecule is Cc1cc(NCC2CCC2)nc(Cl)n1. The molecule has 1 N–H and O–H groups in total. The summed E-state index contributed by atoms with van der Waals surface area (Å²) in [6.07, 6.45) is 4.05. The summed E-state index contributed by atoms with van der Waals surface area (Å²) in [5.74, 6) is 1.67. The van der Waals surface area contributed by atoms with Crippen molar-refractivity contribution in [1.29, 1.82) is 0 Å². The van der Waals surface area contributed by atoms with Gasteiger partial charge in [-0.1, -0.05) is 6.42 Å². The summed E-state index contributed by atoms with van der Waals surface area (Å²) in [5.41, 5.74) is 0.904. The molecule has 1 aliphatic carbocycles. The van der Waals surface area contributed by atoms with Crippen molar-refractivity contribution < 1.29 is 0 Å². The molecule has 0 aromatic carbocycles. The number of halogens is 1. The fourth-order valence-corrected chi connectivity index (χ4v) is 1.79. The van der Waals surface area contributed by atoms with Gasteiger partial charge in [0.05, 0.1) is 0 Å². The lowest BCUT2D eigenvalue weighted by Gasteiger charge is -2.25. The summed E-state index contributed by atoms with van der Waals surface area (Å²) in [6.45, 7) is 2.93. The highest BCUT2D eigenvalue weighted by Gasteiger charge is 2.16. The molecule has 1 aromatic rings. The Hall–Kier alpha value is -0.830. The topological polar surface area (TPSA) is 37.8 Å². The van der Waals surface area contributed by atoms with Crippen molar-refractivity contribution in [2.75, 3.05) is 11.9 Å². The van der Waals surface area contributed by atoms with Crippen LogP contribution in [0.25, 0.3) is 0 Å². The third-order valence-electron chi connectivity index (χ3n) is 2.62. The van der Waals surface area contributed by atoms with Gasteiger partial charge < -0.3 is 5.32 Å². The Balaban J connectivity index is 1.94. The number of hydrogen-bond acceptors (Lipinski definition) is 3. The van der Waals surface area contributed by atoms with Gasteiger partial charge >= 0.3 is 0 Å². The summed E-state index contributed by atoms with van der Waals surface area (Å²) < 4.78 is 0. The summed E-state index contributed by atoms with van der Waals surface area (Å²) in [4.78, 5) is 8.12. The van der Waals surface area contributed by atoms with Crippen LogP contribution in [0.5, 0.6) is 0 Å². The predicted molar refractivity (Wildman–Crippen MR) is 57.6 cm³/mol. The van der Waals surface area contributed by atoms with E-state index in [1.165, 1.54) is 19.3 Å². The lowest BCUT2D eigenvalue weighted by Crippen LogP contribution is -2.21. The van der Waals surface area contributed by atoms with Crippen LogP contribution in [0.2, 0.25) is 5.28 Å². The lowest BCUT2D eigenvalue weighted by atomic mass is 9.85. The highest BCUT2D eigenvalue weighted by molar-refractivity contribution is 6.28. The molecule has 2 rings (SSSR count). The number of rotatable bonds is 3. The van der Waals surface area contributed by atoms with Crippen LogP contribution in [0.3, 0.4) is 0 Å². The molecular weight excluding hydrogens is 198 g/mol. The van der Waals surface area contributed by atoms with Crippen molar-refractivity contribution in [3.8, 4) is 0 Å². The van der Waals surface area contributed by atoms with E-state index in [0.717, 1.165) is 24.0 Å². The molecule has 3 nitrogen and oxygen atoms in total. The Kier molecular flexibility index (Phi) is 2.87. The van der Waals surface area contributed by atoms with Gasteiger partial charge in [0.2, 0.25) is 5.28 Å². The molecule has 0 amide bonds. The second-order valence-corrected chi connectivity index (χ2v) is 4.18. The van der Waals surface area contributed by atoms with E-state index < -0.39 is 0 Å². The van der Waals surface area contributed by atoms with Crippen molar-refractivity contribution in [3.63, 3.8) is 0 Å². The Morgan fingerprint density at radius 3 is 2.86 bits per heavy atom. The number of anilines is 1. The second-order valence-electron chi connectivity index (χ2n) is 3.84. The summed E-state index contributed by atoms with van der Waals surface area (Å²) >= 11 is 5.75. The highest BCUT2D eigenvalue weighted by atomic mass is 35.5. The zero-order valence-electron chi connectivity index (χ0n) is 8.26. The number of nitrogens with zero attached hydrogens (tertiary/aromatic N) is 2. The van der Waals surface area contributed by atoms with Crippen molar-refractivity contribution in [2.24, 2.45) is 5.92 Å². The normalized spacial score (nSPS) is 16.4. The number of hydrogen-bond donors (Lipinski definition) is 1. The molecule has 14 heavy (non-hydrogen) atoms. The molecule has 1 fully saturated rings. The minimum absolute atomic E-state index is 0.320. The third-order valence-corrected chi connectivity index (χ3v) is 2.79. The highest BCUT2D eigenvalue weighted by Crippen LogP contribution is 2.26. The maximum absolute atomic E-state index is 5.75. The lowest BCUT2D eigenvalue weighted by molar-refractivity contribution is 0.333. The monoisotopic (exact) mass is 211 g/mol. The van der Waals surface area contributed by atoms with Gasteiger partial charge in [0.15, 0.2) is 0 Å². The van der Waals surface area contributed by atoms with Crippen LogP contribution in [-0.2, 0) is 0 Å². The molecule has 1 saturated carbocycles. The van der Waals surface area contributed by atoms with Gasteiger partial charge in [-0.05, 0) is 37.3 Å². The molecule has 0 atom stereocenters. The molecule has 0 saturated heterocycles. The van der Waals surface area contributed by atoms with Crippen LogP contribution in [0, 0.1) is 12.8 Å². The maximum Gasteiger partial charge on any atom is 0.224 e. The van der Waals surface area contributed by atoms with E-state index in [2.05, 4.69) is 15.3 Å². The van der Waals surface area contributed by atoms with Crippen LogP contribution in [0.1, 0.15) is 25.0 Å². The van der Waals surface area contributed by atoms with E-state index in [-0.39, 0.29) is 0 Å². The van der Waals surface area contributed by atoms with Gasteiger partial charge in [0.25, 0.3) is 0 Å². The zero-order chi connectivity index (χ0) is 9.97. The minimum Gasteiger partial charge on any atom is -0.370 e. The largest absolute Gasteiger partial charge is 0.370 e. The minimum atomic E-state index is 0.320. The predicted octanol–water partition coefficient (Wildman–Crippen LogP) is 2.65. The molecule has 0 radical (unpaired) electrons. The van der Waals surface area contributed by atoms with Crippen LogP contribution >= 0.6 is 11.6 Å². The first-order valence-corrected chi connectivity index (χ1v) is 5.37. The van der Waals surface area contributed by atoms with Crippen molar-refractivity contribution >= 4 is 17.4 Å². The van der Waals surface area contributed by atoms with Crippen molar-refractivity contribution in [3.05, 3.63) is 17.0 Å². The summed E-state index contributed by atoms with van der Waals surface area (Å²) in [7, 11) is 0. The maximum atomic E-state index is 5.75. The van der Waals surface area contributed by atoms with E-state index in [9.17, 15) is 0 Å². The van der Waals surface area contributed by atoms with Gasteiger partial charge in [-0.15, -0.1) is 0 Å². The van der Waals surface area contributed by atoms with Gasteiger partial charge in [-0.3, -0.25) is 0 Å². The molecule has 0 bridgehead atoms. The van der Waals surface area contributed by atoms with Gasteiger partial charge in [0.1, 0.15) is 5.82 Å². The average Bonchev–Trinajstić information content (AvgIpc) is 1.99. The van der Waals surface area contributed by atoms with Gasteiger partial charge in [-0.25, -0.2) is 9.97 Å². The van der Waals surface area contributed by atoms with E-state index in [1.54, 1.807) is 0 Å². The van der Waals surface area contributed by atoms with E-state index >= 15 is 0 Å².